The molecule has 0 bridgehead atoms. The second kappa shape index (κ2) is 3.89. The van der Waals surface area contributed by atoms with Crippen LogP contribution in [0.4, 0.5) is 0 Å². The van der Waals surface area contributed by atoms with E-state index in [4.69, 9.17) is 10.7 Å². The van der Waals surface area contributed by atoms with Crippen LogP contribution >= 0.6 is 0 Å². The molecule has 3 heteroatoms. The largest absolute Gasteiger partial charge is 0.369 e. The summed E-state index contributed by atoms with van der Waals surface area (Å²) in [6.45, 7) is 4.47. The highest BCUT2D eigenvalue weighted by Gasteiger charge is 2.33. The van der Waals surface area contributed by atoms with Crippen molar-refractivity contribution in [1.82, 2.24) is 5.32 Å². The van der Waals surface area contributed by atoms with Crippen molar-refractivity contribution in [2.24, 2.45) is 16.6 Å². The molecule has 0 spiro atoms. The number of nitrogens with one attached hydrogen (secondary N) is 1. The molecule has 0 aromatic carbocycles. The summed E-state index contributed by atoms with van der Waals surface area (Å²) in [5, 5.41) is 3.52. The predicted molar refractivity (Wildman–Crippen MR) is 59.4 cm³/mol. The van der Waals surface area contributed by atoms with Gasteiger partial charge in [-0.15, -0.1) is 0 Å². The van der Waals surface area contributed by atoms with Gasteiger partial charge in [-0.1, -0.05) is 13.8 Å². The molecule has 0 radical (unpaired) electrons. The van der Waals surface area contributed by atoms with E-state index >= 15 is 0 Å². The van der Waals surface area contributed by atoms with Crippen LogP contribution in [0.3, 0.4) is 0 Å². The molecule has 3 N–H and O–H groups in total. The number of hydrogen-bond acceptors (Lipinski definition) is 3. The van der Waals surface area contributed by atoms with E-state index < -0.39 is 0 Å². The molecule has 14 heavy (non-hydrogen) atoms. The maximum atomic E-state index is 5.95. The van der Waals surface area contributed by atoms with E-state index in [1.54, 1.807) is 0 Å². The Morgan fingerprint density at radius 3 is 3.00 bits per heavy atom. The number of nitrogens with zero attached hydrogens (tertiary/aromatic N) is 1. The Morgan fingerprint density at radius 2 is 2.29 bits per heavy atom. The predicted octanol–water partition coefficient (Wildman–Crippen LogP) is 1.28. The quantitative estimate of drug-likeness (QED) is 0.697. The van der Waals surface area contributed by atoms with Gasteiger partial charge in [-0.2, -0.15) is 0 Å². The van der Waals surface area contributed by atoms with Gasteiger partial charge in [0, 0.05) is 12.5 Å². The molecule has 0 amide bonds. The summed E-state index contributed by atoms with van der Waals surface area (Å²) in [5.41, 5.74) is 5.95. The maximum absolute atomic E-state index is 5.95. The minimum atomic E-state index is 0.386. The first-order valence-electron chi connectivity index (χ1n) is 5.74. The molecule has 1 heterocycles. The van der Waals surface area contributed by atoms with Gasteiger partial charge in [0.1, 0.15) is 0 Å². The average molecular weight is 195 g/mol. The lowest BCUT2D eigenvalue weighted by Gasteiger charge is -2.28. The monoisotopic (exact) mass is 195 g/mol. The lowest BCUT2D eigenvalue weighted by molar-refractivity contribution is 0.346. The fourth-order valence-corrected chi connectivity index (χ4v) is 2.45. The van der Waals surface area contributed by atoms with Gasteiger partial charge in [-0.05, 0) is 25.2 Å². The summed E-state index contributed by atoms with van der Waals surface area (Å²) in [6, 6.07) is 1.44. The Kier molecular flexibility index (Phi) is 2.77. The summed E-state index contributed by atoms with van der Waals surface area (Å²) < 4.78 is 0. The molecule has 2 rings (SSSR count). The molecule has 3 unspecified atom stereocenters. The fraction of sp³-hybridized carbons (Fsp3) is 0.909. The molecule has 0 saturated heterocycles. The van der Waals surface area contributed by atoms with Crippen molar-refractivity contribution in [1.29, 1.82) is 0 Å². The molecule has 2 aliphatic rings. The van der Waals surface area contributed by atoms with Crippen LogP contribution in [0.15, 0.2) is 4.99 Å². The van der Waals surface area contributed by atoms with E-state index in [0.29, 0.717) is 24.0 Å². The van der Waals surface area contributed by atoms with Crippen LogP contribution in [-0.4, -0.2) is 24.0 Å². The van der Waals surface area contributed by atoms with Gasteiger partial charge in [-0.3, -0.25) is 4.99 Å². The third-order valence-corrected chi connectivity index (χ3v) is 3.13. The highest BCUT2D eigenvalue weighted by atomic mass is 15.1. The van der Waals surface area contributed by atoms with Gasteiger partial charge in [0.2, 0.25) is 0 Å². The SMILES string of the molecule is CC(C)CC1=NC2CCC(N)CC2N1. The van der Waals surface area contributed by atoms with Crippen LogP contribution in [0.25, 0.3) is 0 Å². The fourth-order valence-electron chi connectivity index (χ4n) is 2.45. The van der Waals surface area contributed by atoms with E-state index in [2.05, 4.69) is 19.2 Å². The zero-order chi connectivity index (χ0) is 10.1. The molecular weight excluding hydrogens is 174 g/mol. The van der Waals surface area contributed by atoms with Crippen LogP contribution in [0.5, 0.6) is 0 Å². The summed E-state index contributed by atoms with van der Waals surface area (Å²) in [4.78, 5) is 4.73. The van der Waals surface area contributed by atoms with Crippen LogP contribution in [0.1, 0.15) is 39.5 Å². The second-order valence-corrected chi connectivity index (χ2v) is 5.07. The lowest BCUT2D eigenvalue weighted by Crippen LogP contribution is -2.44. The number of nitrogens with two attached hydrogens (primary N) is 1. The van der Waals surface area contributed by atoms with E-state index in [9.17, 15) is 0 Å². The molecule has 0 aromatic heterocycles. The van der Waals surface area contributed by atoms with Gasteiger partial charge < -0.3 is 11.1 Å². The first kappa shape index (κ1) is 9.97. The third-order valence-electron chi connectivity index (χ3n) is 3.13. The van der Waals surface area contributed by atoms with Crippen molar-refractivity contribution in [3.05, 3.63) is 0 Å². The Bertz CT molecular complexity index is 235. The number of amidine groups is 1. The second-order valence-electron chi connectivity index (χ2n) is 5.07. The van der Waals surface area contributed by atoms with Gasteiger partial charge in [0.25, 0.3) is 0 Å². The third kappa shape index (κ3) is 2.08. The number of rotatable bonds is 2. The molecule has 1 aliphatic heterocycles. The molecule has 3 nitrogen and oxygen atoms in total. The van der Waals surface area contributed by atoms with E-state index in [0.717, 1.165) is 19.3 Å². The van der Waals surface area contributed by atoms with E-state index in [-0.39, 0.29) is 0 Å². The van der Waals surface area contributed by atoms with Crippen molar-refractivity contribution >= 4 is 5.84 Å². The summed E-state index contributed by atoms with van der Waals surface area (Å²) >= 11 is 0. The number of aliphatic imine (C=N–C) groups is 1. The average Bonchev–Trinajstić information content (AvgIpc) is 2.44. The Morgan fingerprint density at radius 1 is 1.50 bits per heavy atom. The lowest BCUT2D eigenvalue weighted by atomic mass is 9.88. The van der Waals surface area contributed by atoms with Gasteiger partial charge in [0.15, 0.2) is 0 Å². The smallest absolute Gasteiger partial charge is 0.0972 e. The standard InChI is InChI=1S/C11H21N3/c1-7(2)5-11-13-9-4-3-8(12)6-10(9)14-11/h7-10H,3-6,12H2,1-2H3,(H,13,14). The van der Waals surface area contributed by atoms with Crippen molar-refractivity contribution in [3.63, 3.8) is 0 Å². The molecule has 80 valence electrons. The van der Waals surface area contributed by atoms with Gasteiger partial charge in [0.05, 0.1) is 17.9 Å². The zero-order valence-electron chi connectivity index (χ0n) is 9.16. The maximum Gasteiger partial charge on any atom is 0.0972 e. The van der Waals surface area contributed by atoms with Crippen molar-refractivity contribution in [3.8, 4) is 0 Å². The van der Waals surface area contributed by atoms with Gasteiger partial charge >= 0.3 is 0 Å². The molecular formula is C11H21N3. The van der Waals surface area contributed by atoms with E-state index in [1.165, 1.54) is 12.3 Å². The molecule has 1 fully saturated rings. The highest BCUT2D eigenvalue weighted by Crippen LogP contribution is 2.25. The van der Waals surface area contributed by atoms with Crippen molar-refractivity contribution < 1.29 is 0 Å². The summed E-state index contributed by atoms with van der Waals surface area (Å²) in [6.07, 6.45) is 4.49. The Hall–Kier alpha value is -0.570. The molecule has 3 atom stereocenters. The normalized spacial score (nSPS) is 36.6. The number of fused-ring (bicyclic) bond motifs is 1. The minimum Gasteiger partial charge on any atom is -0.369 e. The zero-order valence-corrected chi connectivity index (χ0v) is 9.16. The Labute approximate surface area is 86.2 Å². The van der Waals surface area contributed by atoms with Crippen LogP contribution < -0.4 is 11.1 Å². The highest BCUT2D eigenvalue weighted by molar-refractivity contribution is 5.84. The van der Waals surface area contributed by atoms with Crippen LogP contribution in [0, 0.1) is 5.92 Å². The van der Waals surface area contributed by atoms with E-state index in [1.807, 2.05) is 0 Å². The molecule has 1 saturated carbocycles. The molecule has 0 aromatic rings. The first-order chi connectivity index (χ1) is 6.65. The molecule has 1 aliphatic carbocycles. The summed E-state index contributed by atoms with van der Waals surface area (Å²) in [7, 11) is 0. The first-order valence-corrected chi connectivity index (χ1v) is 5.74. The minimum absolute atomic E-state index is 0.386. The van der Waals surface area contributed by atoms with Gasteiger partial charge in [-0.25, -0.2) is 0 Å². The topological polar surface area (TPSA) is 50.4 Å². The van der Waals surface area contributed by atoms with Crippen LogP contribution in [-0.2, 0) is 0 Å². The van der Waals surface area contributed by atoms with Crippen molar-refractivity contribution in [2.45, 2.75) is 57.7 Å². The van der Waals surface area contributed by atoms with Crippen LogP contribution in [0.2, 0.25) is 0 Å². The Balaban J connectivity index is 1.93. The number of hydrogen-bond donors (Lipinski definition) is 2. The van der Waals surface area contributed by atoms with Crippen molar-refractivity contribution in [2.75, 3.05) is 0 Å². The summed E-state index contributed by atoms with van der Waals surface area (Å²) in [5.74, 6) is 1.90.